The van der Waals surface area contributed by atoms with Crippen molar-refractivity contribution >= 4 is 13.6 Å². The van der Waals surface area contributed by atoms with Crippen LogP contribution in [0.25, 0.3) is 0 Å². The van der Waals surface area contributed by atoms with Crippen LogP contribution in [0.5, 0.6) is 0 Å². The van der Waals surface area contributed by atoms with Gasteiger partial charge in [-0.2, -0.15) is 4.98 Å². The number of aromatic amines is 1. The summed E-state index contributed by atoms with van der Waals surface area (Å²) in [6.07, 6.45) is -0.458. The maximum Gasteiger partial charge on any atom is 0.472 e. The van der Waals surface area contributed by atoms with Gasteiger partial charge >= 0.3 is 19.2 Å². The molecule has 0 saturated carbocycles. The van der Waals surface area contributed by atoms with Gasteiger partial charge in [-0.1, -0.05) is 5.21 Å². The summed E-state index contributed by atoms with van der Waals surface area (Å²) in [6.45, 7) is 3.55. The number of aryl methyl sites for hydroxylation is 2. The highest BCUT2D eigenvalue weighted by Gasteiger charge is 2.63. The molecule has 3 aliphatic heterocycles. The van der Waals surface area contributed by atoms with Crippen LogP contribution in [0.15, 0.2) is 33.0 Å². The Bertz CT molecular complexity index is 1860. The number of aromatic nitrogens is 7. The number of rotatable bonds is 12. The van der Waals surface area contributed by atoms with E-state index in [1.807, 2.05) is 0 Å². The number of nitrogens with one attached hydrogen (secondary N) is 1. The fourth-order valence-electron chi connectivity index (χ4n) is 5.99. The molecule has 0 radical (unpaired) electrons. The minimum atomic E-state index is -4.44. The van der Waals surface area contributed by atoms with Crippen molar-refractivity contribution in [1.82, 2.24) is 34.1 Å². The summed E-state index contributed by atoms with van der Waals surface area (Å²) in [6, 6.07) is 0. The molecule has 3 aromatic heterocycles. The number of H-pyrrole nitrogens is 1. The molecule has 2 bridgehead atoms. The van der Waals surface area contributed by atoms with Crippen LogP contribution in [0.1, 0.15) is 35.7 Å². The van der Waals surface area contributed by atoms with Gasteiger partial charge in [0.15, 0.2) is 6.23 Å². The first kappa shape index (κ1) is 33.3. The van der Waals surface area contributed by atoms with Crippen LogP contribution in [0.4, 0.5) is 5.82 Å². The van der Waals surface area contributed by atoms with Crippen molar-refractivity contribution in [2.24, 2.45) is 0 Å². The maximum atomic E-state index is 12.7. The van der Waals surface area contributed by atoms with E-state index in [-0.39, 0.29) is 44.2 Å². The second-order valence-electron chi connectivity index (χ2n) is 11.6. The third kappa shape index (κ3) is 6.48. The first-order chi connectivity index (χ1) is 22.3. The summed E-state index contributed by atoms with van der Waals surface area (Å²) < 4.78 is 56.2. The van der Waals surface area contributed by atoms with Crippen LogP contribution in [-0.2, 0) is 50.4 Å². The van der Waals surface area contributed by atoms with Gasteiger partial charge in [-0.25, -0.2) is 18.8 Å². The van der Waals surface area contributed by atoms with E-state index >= 15 is 0 Å². The largest absolute Gasteiger partial charge is 0.472 e. The molecule has 0 amide bonds. The van der Waals surface area contributed by atoms with E-state index in [0.717, 1.165) is 7.11 Å². The van der Waals surface area contributed by atoms with Crippen molar-refractivity contribution in [2.45, 2.75) is 75.9 Å². The number of methoxy groups -OCH3 is 1. The average molecular weight is 683 g/mol. The van der Waals surface area contributed by atoms with Gasteiger partial charge in [0.1, 0.15) is 47.8 Å². The maximum absolute atomic E-state index is 12.7. The number of anilines is 1. The molecule has 21 heteroatoms. The zero-order chi connectivity index (χ0) is 33.7. The fourth-order valence-corrected chi connectivity index (χ4v) is 6.64. The lowest BCUT2D eigenvalue weighted by atomic mass is 10.00. The van der Waals surface area contributed by atoms with Crippen LogP contribution in [0.2, 0.25) is 0 Å². The first-order valence-electron chi connectivity index (χ1n) is 14.5. The molecule has 3 fully saturated rings. The Morgan fingerprint density at radius 2 is 1.94 bits per heavy atom. The van der Waals surface area contributed by atoms with Gasteiger partial charge < -0.3 is 34.3 Å². The summed E-state index contributed by atoms with van der Waals surface area (Å²) in [5.41, 5.74) is 4.24. The minimum absolute atomic E-state index is 0.00735. The number of nitrogens with zero attached hydrogens (tertiary/aromatic N) is 6. The predicted molar refractivity (Wildman–Crippen MR) is 157 cm³/mol. The summed E-state index contributed by atoms with van der Waals surface area (Å²) >= 11 is 0. The van der Waals surface area contributed by atoms with Gasteiger partial charge in [0, 0.05) is 44.2 Å². The topological polar surface area (TPSA) is 248 Å². The van der Waals surface area contributed by atoms with Gasteiger partial charge in [0.2, 0.25) is 0 Å². The molecule has 6 heterocycles. The molecule has 8 atom stereocenters. The number of hydrogen-bond acceptors (Lipinski definition) is 15. The Labute approximate surface area is 265 Å². The van der Waals surface area contributed by atoms with Crippen LogP contribution >= 0.6 is 7.82 Å². The van der Waals surface area contributed by atoms with Gasteiger partial charge in [-0.05, 0) is 13.8 Å². The van der Waals surface area contributed by atoms with Crippen molar-refractivity contribution in [3.05, 3.63) is 66.7 Å². The van der Waals surface area contributed by atoms with Crippen LogP contribution in [-0.4, -0.2) is 96.4 Å². The normalized spacial score (nSPS) is 29.8. The molecule has 0 aromatic carbocycles. The summed E-state index contributed by atoms with van der Waals surface area (Å²) in [5, 5.41) is 8.31. The molecule has 3 unspecified atom stereocenters. The second-order valence-corrected chi connectivity index (χ2v) is 13.1. The van der Waals surface area contributed by atoms with Crippen LogP contribution in [0, 0.1) is 13.8 Å². The molecule has 256 valence electrons. The first-order valence-corrected chi connectivity index (χ1v) is 16.0. The molecule has 47 heavy (non-hydrogen) atoms. The predicted octanol–water partition coefficient (Wildman–Crippen LogP) is -1.10. The van der Waals surface area contributed by atoms with Crippen LogP contribution in [0.3, 0.4) is 0 Å². The van der Waals surface area contributed by atoms with E-state index in [1.165, 1.54) is 34.0 Å². The average Bonchev–Trinajstić information content (AvgIpc) is 3.78. The van der Waals surface area contributed by atoms with E-state index in [2.05, 4.69) is 24.8 Å². The number of phosphoric ester groups is 1. The summed E-state index contributed by atoms with van der Waals surface area (Å²) in [7, 11) is -1.89. The highest BCUT2D eigenvalue weighted by Crippen LogP contribution is 2.48. The zero-order valence-electron chi connectivity index (χ0n) is 25.9. The molecule has 4 N–H and O–H groups in total. The molecule has 3 aromatic rings. The van der Waals surface area contributed by atoms with Crippen LogP contribution < -0.4 is 22.7 Å². The number of phosphoric acid groups is 1. The minimum Gasteiger partial charge on any atom is -0.383 e. The Kier molecular flexibility index (Phi) is 9.07. The Morgan fingerprint density at radius 3 is 2.68 bits per heavy atom. The lowest BCUT2D eigenvalue weighted by Gasteiger charge is -2.31. The summed E-state index contributed by atoms with van der Waals surface area (Å²) in [5.74, 6) is 0.124. The van der Waals surface area contributed by atoms with Gasteiger partial charge in [-0.3, -0.25) is 28.0 Å². The van der Waals surface area contributed by atoms with E-state index in [0.29, 0.717) is 11.3 Å². The third-order valence-corrected chi connectivity index (χ3v) is 9.31. The molecule has 6 rings (SSSR count). The molecule has 0 spiro atoms. The van der Waals surface area contributed by atoms with Crippen molar-refractivity contribution < 1.29 is 42.2 Å². The number of hydrogen-bond donors (Lipinski definition) is 3. The Balaban J connectivity index is 1.17. The number of ether oxygens (including phenoxy) is 5. The number of nitrogens with two attached hydrogens (primary N) is 1. The highest BCUT2D eigenvalue weighted by atomic mass is 31.2. The number of fused-ring (bicyclic) bond motifs is 2. The fraction of sp³-hybridized carbons (Fsp3) is 0.615. The van der Waals surface area contributed by atoms with E-state index in [9.17, 15) is 23.8 Å². The molecule has 3 saturated heterocycles. The van der Waals surface area contributed by atoms with Crippen molar-refractivity contribution in [1.29, 1.82) is 0 Å². The monoisotopic (exact) mass is 682 g/mol. The Morgan fingerprint density at radius 1 is 1.17 bits per heavy atom. The van der Waals surface area contributed by atoms with Gasteiger partial charge in [-0.15, -0.1) is 5.10 Å². The van der Waals surface area contributed by atoms with Crippen molar-refractivity contribution in [2.75, 3.05) is 33.2 Å². The summed E-state index contributed by atoms with van der Waals surface area (Å²) in [4.78, 5) is 53.1. The van der Waals surface area contributed by atoms with Gasteiger partial charge in [0.25, 0.3) is 5.56 Å². The lowest BCUT2D eigenvalue weighted by molar-refractivity contribution is -0.192. The molecule has 0 aliphatic carbocycles. The van der Waals surface area contributed by atoms with E-state index < -0.39 is 67.2 Å². The van der Waals surface area contributed by atoms with E-state index in [1.54, 1.807) is 19.3 Å². The smallest absolute Gasteiger partial charge is 0.383 e. The van der Waals surface area contributed by atoms with Crippen molar-refractivity contribution in [3.63, 3.8) is 0 Å². The zero-order valence-corrected chi connectivity index (χ0v) is 26.8. The standard InChI is InChI=1S/C26H35N8O12P/c1-13-6-34(24(36)28-21(13)27)23-19-20(26(45-23,11-40-3)12-43-19)42-10-15-8-32(31-30-15)9-17-16(46-47(38,39)41-4)5-18(44-17)33-7-14(2)22(35)29-25(33)37/h6-8,16-20,23H,5,9-12H2,1-4H3,(H,38,39)(H2,27,28,36)(H,29,35,37)/t16?,17-,18-,19+,20?,23-,26+/m1/s1. The van der Waals surface area contributed by atoms with E-state index in [4.69, 9.17) is 33.9 Å². The molecule has 3 aliphatic rings. The van der Waals surface area contributed by atoms with Crippen molar-refractivity contribution in [3.8, 4) is 0 Å². The second kappa shape index (κ2) is 12.8. The molecular weight excluding hydrogens is 647 g/mol. The van der Waals surface area contributed by atoms with Gasteiger partial charge in [0.05, 0.1) is 32.6 Å². The molecule has 20 nitrogen and oxygen atoms in total. The lowest BCUT2D eigenvalue weighted by Crippen LogP contribution is -2.46. The Hall–Kier alpha value is -3.59. The SMILES string of the molecule is COC[C@]12CO[C@@H](C1OCc1cn(C[C@H]3O[C@@H](n4cc(C)c(=O)[nH]c4=O)CC3OP(=O)(O)OC)nn1)[C@H](n1cc(C)c(N)nc1=O)O2. The number of nitrogen functional groups attached to an aromatic ring is 1. The molecular formula is C26H35N8O12P. The highest BCUT2D eigenvalue weighted by molar-refractivity contribution is 7.47. The third-order valence-electron chi connectivity index (χ3n) is 8.31. The quantitative estimate of drug-likeness (QED) is 0.192.